The Morgan fingerprint density at radius 2 is 2.15 bits per heavy atom. The van der Waals surface area contributed by atoms with Gasteiger partial charge in [0, 0.05) is 19.8 Å². The molecule has 0 aromatic carbocycles. The van der Waals surface area contributed by atoms with E-state index in [0.717, 1.165) is 4.31 Å². The Balaban J connectivity index is 3.06. The van der Waals surface area contributed by atoms with E-state index in [1.54, 1.807) is 14.0 Å². The lowest BCUT2D eigenvalue weighted by atomic mass is 10.5. The number of hydrogen-bond donors (Lipinski definition) is 1. The lowest BCUT2D eigenvalue weighted by Gasteiger charge is -2.19. The van der Waals surface area contributed by atoms with Crippen molar-refractivity contribution in [2.45, 2.75) is 25.2 Å². The average Bonchev–Trinajstić information content (AvgIpc) is 2.69. The number of carbonyl (C=O) groups excluding carboxylic acids is 1. The summed E-state index contributed by atoms with van der Waals surface area (Å²) in [7, 11) is -2.29. The molecule has 20 heavy (non-hydrogen) atoms. The number of nitrogens with zero attached hydrogens (tertiary/aromatic N) is 3. The molecule has 2 N–H and O–H groups in total. The van der Waals surface area contributed by atoms with Gasteiger partial charge in [0.2, 0.25) is 10.0 Å². The zero-order chi connectivity index (χ0) is 15.3. The minimum atomic E-state index is -3.86. The van der Waals surface area contributed by atoms with Crippen LogP contribution in [0.3, 0.4) is 0 Å². The molecule has 1 aromatic rings. The SMILES string of the molecule is CCCN(CC(=O)OCC)S(=O)(=O)c1cn(C)nc1N. The van der Waals surface area contributed by atoms with Crippen molar-refractivity contribution >= 4 is 21.8 Å². The fraction of sp³-hybridized carbons (Fsp3) is 0.636. The van der Waals surface area contributed by atoms with Crippen LogP contribution in [0.15, 0.2) is 11.1 Å². The Morgan fingerprint density at radius 1 is 1.50 bits per heavy atom. The number of nitrogens with two attached hydrogens (primary N) is 1. The molecule has 0 aliphatic carbocycles. The van der Waals surface area contributed by atoms with Crippen LogP contribution in [0.1, 0.15) is 20.3 Å². The van der Waals surface area contributed by atoms with E-state index in [-0.39, 0.29) is 30.4 Å². The number of carbonyl (C=O) groups is 1. The summed E-state index contributed by atoms with van der Waals surface area (Å²) in [5, 5.41) is 3.81. The highest BCUT2D eigenvalue weighted by molar-refractivity contribution is 7.89. The number of aryl methyl sites for hydroxylation is 1. The summed E-state index contributed by atoms with van der Waals surface area (Å²) in [6.45, 7) is 3.55. The zero-order valence-electron chi connectivity index (χ0n) is 11.9. The second-order valence-corrected chi connectivity index (χ2v) is 6.10. The van der Waals surface area contributed by atoms with Gasteiger partial charge in [-0.2, -0.15) is 9.40 Å². The minimum absolute atomic E-state index is 0.0857. The molecule has 8 nitrogen and oxygen atoms in total. The third kappa shape index (κ3) is 3.70. The van der Waals surface area contributed by atoms with E-state index in [4.69, 9.17) is 10.5 Å². The zero-order valence-corrected chi connectivity index (χ0v) is 12.7. The van der Waals surface area contributed by atoms with Gasteiger partial charge < -0.3 is 10.5 Å². The van der Waals surface area contributed by atoms with Crippen LogP contribution >= 0.6 is 0 Å². The molecule has 0 atom stereocenters. The van der Waals surface area contributed by atoms with E-state index in [2.05, 4.69) is 5.10 Å². The van der Waals surface area contributed by atoms with Gasteiger partial charge in [-0.1, -0.05) is 6.92 Å². The summed E-state index contributed by atoms with van der Waals surface area (Å²) in [6.07, 6.45) is 1.89. The first-order chi connectivity index (χ1) is 9.32. The molecule has 1 rings (SSSR count). The van der Waals surface area contributed by atoms with Crippen molar-refractivity contribution in [3.05, 3.63) is 6.20 Å². The average molecular weight is 304 g/mol. The largest absolute Gasteiger partial charge is 0.465 e. The number of esters is 1. The molecular formula is C11H20N4O4S. The normalized spacial score (nSPS) is 11.8. The molecule has 0 bridgehead atoms. The molecule has 0 spiro atoms. The van der Waals surface area contributed by atoms with Gasteiger partial charge in [-0.25, -0.2) is 8.42 Å². The monoisotopic (exact) mass is 304 g/mol. The van der Waals surface area contributed by atoms with E-state index in [0.29, 0.717) is 6.42 Å². The van der Waals surface area contributed by atoms with Gasteiger partial charge in [0.1, 0.15) is 11.4 Å². The van der Waals surface area contributed by atoms with Crippen molar-refractivity contribution in [1.29, 1.82) is 0 Å². The van der Waals surface area contributed by atoms with Crippen LogP contribution in [0, 0.1) is 0 Å². The molecule has 0 aliphatic heterocycles. The molecule has 0 unspecified atom stereocenters. The summed E-state index contributed by atoms with van der Waals surface area (Å²) in [5.41, 5.74) is 5.60. The molecule has 0 aliphatic rings. The van der Waals surface area contributed by atoms with Crippen molar-refractivity contribution < 1.29 is 17.9 Å². The maximum atomic E-state index is 12.5. The van der Waals surface area contributed by atoms with E-state index >= 15 is 0 Å². The number of sulfonamides is 1. The Bertz CT molecular complexity index is 567. The third-order valence-electron chi connectivity index (χ3n) is 2.52. The Kier molecular flexibility index (Phi) is 5.52. The van der Waals surface area contributed by atoms with Gasteiger partial charge >= 0.3 is 5.97 Å². The summed E-state index contributed by atoms with van der Waals surface area (Å²) in [4.78, 5) is 11.4. The molecule has 0 radical (unpaired) electrons. The van der Waals surface area contributed by atoms with Gasteiger partial charge in [0.25, 0.3) is 0 Å². The van der Waals surface area contributed by atoms with Crippen LogP contribution in [-0.4, -0.2) is 48.2 Å². The summed E-state index contributed by atoms with van der Waals surface area (Å²) in [6, 6.07) is 0. The number of aromatic nitrogens is 2. The van der Waals surface area contributed by atoms with E-state index in [1.807, 2.05) is 6.92 Å². The van der Waals surface area contributed by atoms with Crippen molar-refractivity contribution in [2.24, 2.45) is 7.05 Å². The molecule has 0 saturated heterocycles. The van der Waals surface area contributed by atoms with E-state index in [9.17, 15) is 13.2 Å². The van der Waals surface area contributed by atoms with Crippen LogP contribution in [0.4, 0.5) is 5.82 Å². The smallest absolute Gasteiger partial charge is 0.321 e. The molecule has 114 valence electrons. The molecular weight excluding hydrogens is 284 g/mol. The predicted molar refractivity (Wildman–Crippen MR) is 73.3 cm³/mol. The number of rotatable bonds is 7. The van der Waals surface area contributed by atoms with Gasteiger partial charge in [-0.05, 0) is 13.3 Å². The summed E-state index contributed by atoms with van der Waals surface area (Å²) < 4.78 is 32.1. The van der Waals surface area contributed by atoms with Gasteiger partial charge in [-0.3, -0.25) is 9.48 Å². The van der Waals surface area contributed by atoms with Crippen LogP contribution in [0.5, 0.6) is 0 Å². The van der Waals surface area contributed by atoms with Crippen molar-refractivity contribution in [1.82, 2.24) is 14.1 Å². The molecule has 0 amide bonds. The number of nitrogen functional groups attached to an aromatic ring is 1. The minimum Gasteiger partial charge on any atom is -0.465 e. The summed E-state index contributed by atoms with van der Waals surface area (Å²) >= 11 is 0. The maximum absolute atomic E-state index is 12.5. The Morgan fingerprint density at radius 3 is 2.60 bits per heavy atom. The van der Waals surface area contributed by atoms with E-state index < -0.39 is 16.0 Å². The topological polar surface area (TPSA) is 108 Å². The fourth-order valence-corrected chi connectivity index (χ4v) is 3.27. The second kappa shape index (κ2) is 6.71. The van der Waals surface area contributed by atoms with Gasteiger partial charge in [-0.15, -0.1) is 0 Å². The fourth-order valence-electron chi connectivity index (χ4n) is 1.71. The molecule has 0 fully saturated rings. The van der Waals surface area contributed by atoms with Crippen molar-refractivity contribution in [3.8, 4) is 0 Å². The first-order valence-electron chi connectivity index (χ1n) is 6.27. The quantitative estimate of drug-likeness (QED) is 0.709. The highest BCUT2D eigenvalue weighted by Gasteiger charge is 2.30. The van der Waals surface area contributed by atoms with Crippen LogP contribution in [-0.2, 0) is 26.6 Å². The van der Waals surface area contributed by atoms with Crippen LogP contribution < -0.4 is 5.73 Å². The lowest BCUT2D eigenvalue weighted by molar-refractivity contribution is -0.143. The summed E-state index contributed by atoms with van der Waals surface area (Å²) in [5.74, 6) is -0.676. The van der Waals surface area contributed by atoms with Crippen LogP contribution in [0.25, 0.3) is 0 Å². The number of hydrogen-bond acceptors (Lipinski definition) is 6. The predicted octanol–water partition coefficient (Wildman–Crippen LogP) is -0.0339. The first kappa shape index (κ1) is 16.4. The molecule has 1 aromatic heterocycles. The highest BCUT2D eigenvalue weighted by Crippen LogP contribution is 2.21. The standard InChI is InChI=1S/C11H20N4O4S/c1-4-6-15(8-10(16)19-5-2)20(17,18)9-7-14(3)13-11(9)12/h7H,4-6,8H2,1-3H3,(H2,12,13). The van der Waals surface area contributed by atoms with Crippen molar-refractivity contribution in [2.75, 3.05) is 25.4 Å². The molecule has 0 saturated carbocycles. The number of anilines is 1. The first-order valence-corrected chi connectivity index (χ1v) is 7.71. The molecule has 9 heteroatoms. The van der Waals surface area contributed by atoms with Gasteiger partial charge in [0.05, 0.1) is 6.61 Å². The number of ether oxygens (including phenoxy) is 1. The van der Waals surface area contributed by atoms with Crippen molar-refractivity contribution in [3.63, 3.8) is 0 Å². The third-order valence-corrected chi connectivity index (χ3v) is 4.39. The van der Waals surface area contributed by atoms with Gasteiger partial charge in [0.15, 0.2) is 5.82 Å². The molecule has 1 heterocycles. The lowest BCUT2D eigenvalue weighted by Crippen LogP contribution is -2.37. The van der Waals surface area contributed by atoms with E-state index in [1.165, 1.54) is 10.9 Å². The second-order valence-electron chi connectivity index (χ2n) is 4.20. The van der Waals surface area contributed by atoms with Crippen LogP contribution in [0.2, 0.25) is 0 Å². The highest BCUT2D eigenvalue weighted by atomic mass is 32.2. The maximum Gasteiger partial charge on any atom is 0.321 e. The Hall–Kier alpha value is -1.61. The Labute approximate surface area is 118 Å².